The minimum Gasteiger partial charge on any atom is -0.340 e. The lowest BCUT2D eigenvalue weighted by molar-refractivity contribution is -0.120. The van der Waals surface area contributed by atoms with Crippen molar-refractivity contribution in [1.82, 2.24) is 55.7 Å². The van der Waals surface area contributed by atoms with Gasteiger partial charge in [0.15, 0.2) is 0 Å². The molecule has 516 valence electrons. The van der Waals surface area contributed by atoms with Crippen molar-refractivity contribution >= 4 is 134 Å². The number of carbonyl (C=O) groups excluding carboxylic acids is 3. The molecule has 3 aliphatic rings. The molecular weight excluding hydrogens is 1430 g/mol. The highest BCUT2D eigenvalue weighted by Gasteiger charge is 2.44. The monoisotopic (exact) mass is 1520 g/mol. The maximum atomic E-state index is 13.5. The van der Waals surface area contributed by atoms with E-state index in [9.17, 15) is 52.8 Å². The van der Waals surface area contributed by atoms with E-state index in [0.717, 1.165) is 142 Å². The van der Waals surface area contributed by atoms with E-state index in [4.69, 9.17) is 59.5 Å². The quantitative estimate of drug-likeness (QED) is 0.0666. The van der Waals surface area contributed by atoms with Crippen LogP contribution in [0.15, 0.2) is 129 Å². The largest absolute Gasteiger partial charge is 0.340 e. The Morgan fingerprint density at radius 3 is 0.979 bits per heavy atom. The van der Waals surface area contributed by atoms with Gasteiger partial charge in [-0.05, 0) is 110 Å². The predicted octanol–water partition coefficient (Wildman–Crippen LogP) is 11.4. The minimum atomic E-state index is -4.63. The zero-order chi connectivity index (χ0) is 82.7. The van der Waals surface area contributed by atoms with E-state index < -0.39 is 142 Å². The van der Waals surface area contributed by atoms with Crippen molar-refractivity contribution in [2.75, 3.05) is 37.1 Å². The Kier molecular flexibility index (Phi) is 17.6. The highest BCUT2D eigenvalue weighted by atomic mass is 35.5. The lowest BCUT2D eigenvalue weighted by atomic mass is 10.1. The minimum absolute atomic E-state index is 0. The Hall–Kier alpha value is -6.93. The number of anilines is 3. The normalized spacial score (nSPS) is 30.5. The molecule has 24 nitrogen and oxygen atoms in total. The number of imidazole rings is 3. The van der Waals surface area contributed by atoms with Crippen molar-refractivity contribution in [2.24, 2.45) is 20.9 Å². The van der Waals surface area contributed by atoms with Crippen molar-refractivity contribution in [3.05, 3.63) is 176 Å². The van der Waals surface area contributed by atoms with Crippen LogP contribution in [0.4, 0.5) is 30.2 Å². The number of halogens is 6. The Morgan fingerprint density at radius 2 is 0.750 bits per heavy atom. The van der Waals surface area contributed by atoms with Gasteiger partial charge in [-0.15, -0.1) is 34.0 Å². The number of hydrogen-bond donors (Lipinski definition) is 6. The van der Waals surface area contributed by atoms with Crippen LogP contribution in [0.1, 0.15) is 98.8 Å². The fourth-order valence-corrected chi connectivity index (χ4v) is 14.8. The molecule has 12 rings (SSSR count). The third kappa shape index (κ3) is 17.7. The van der Waals surface area contributed by atoms with Gasteiger partial charge < -0.3 is 29.7 Å². The standard InChI is InChI=1S/3C19H19ClFN5O3S2.3CH4/c3*1-25-9-15(22-10-25)18-6-5-17(30-18)14-8-16(26(2)31(28,29)24-14)19(27)23-11-3-4-13(21)12(20)7-11;;;/h3*3-7,9-10,14,16,24H,8H2,1-2H3,(H,23,27);3*1H4/t2*14-,16+;;;;/m10..../s1/i3*1D3,8D,14D,16D;;;/t2*8?,14-,16+;;;;. The molecule has 3 aromatic carbocycles. The summed E-state index contributed by atoms with van der Waals surface area (Å²) in [6.07, 6.45) is 0.979. The summed E-state index contributed by atoms with van der Waals surface area (Å²) in [6.45, 7) is -7.40. The molecule has 0 aliphatic carbocycles. The SMILES string of the molecule is C.C.C.[2H]C1C([2H])(c2ccc(-c3cn(C([2H])([2H])[2H])cn3)s2)NS(=O)(=O)N(C)C1([2H])C(=O)Nc1ccc(F)c(Cl)c1.[2H]C1[C@]([2H])(C(=O)Nc2ccc(F)c(Cl)c2)N(C)S(=O)(=O)N[C@]1([2H])c1ccc(-c2cn(C([2H])([2H])[2H])cn2)s1.[2H]C1[C@]([2H])(c2ccc(-c3cn(C([2H])([2H])[2H])cn3)s2)NS(=O)(=O)N(C)[C@]1([2H])C(=O)Nc1ccc(F)c(Cl)c1. The number of hydrogen-bond acceptors (Lipinski definition) is 15. The second kappa shape index (κ2) is 31.3. The summed E-state index contributed by atoms with van der Waals surface area (Å²) >= 11 is 19.8. The van der Waals surface area contributed by atoms with Gasteiger partial charge in [0, 0.05) is 109 Å². The second-order valence-corrected chi connectivity index (χ2v) is 28.9. The molecule has 3 fully saturated rings. The zero-order valence-electron chi connectivity index (χ0n) is 65.3. The highest BCUT2D eigenvalue weighted by Crippen LogP contribution is 2.40. The predicted molar refractivity (Wildman–Crippen MR) is 373 cm³/mol. The van der Waals surface area contributed by atoms with E-state index in [0.29, 0.717) is 27.5 Å². The van der Waals surface area contributed by atoms with E-state index >= 15 is 0 Å². The maximum absolute atomic E-state index is 13.5. The zero-order valence-corrected chi connectivity index (χ0v) is 54.4. The first-order valence-corrected chi connectivity index (χ1v) is 33.8. The summed E-state index contributed by atoms with van der Waals surface area (Å²) in [4.78, 5) is 52.7. The van der Waals surface area contributed by atoms with Crippen molar-refractivity contribution in [1.29, 1.82) is 0 Å². The Bertz CT molecular complexity index is 4980. The fraction of sp³-hybridized carbons (Fsp3) is 0.300. The van der Waals surface area contributed by atoms with Gasteiger partial charge in [-0.25, -0.2) is 28.1 Å². The molecular formula is C60H69Cl3F3N15O9S6. The number of thiophene rings is 3. The molecule has 96 heavy (non-hydrogen) atoms. The topological polar surface area (TPSA) is 289 Å². The number of aromatic nitrogens is 6. The fourth-order valence-electron chi connectivity index (χ4n) is 8.29. The van der Waals surface area contributed by atoms with Gasteiger partial charge in [0.1, 0.15) is 35.5 Å². The van der Waals surface area contributed by atoms with Gasteiger partial charge in [0.05, 0.1) is 92.0 Å². The first-order chi connectivity index (χ1) is 51.0. The van der Waals surface area contributed by atoms with Crippen LogP contribution in [0.25, 0.3) is 31.7 Å². The van der Waals surface area contributed by atoms with E-state index in [1.54, 1.807) is 0 Å². The van der Waals surface area contributed by atoms with Crippen LogP contribution in [0.2, 0.25) is 15.1 Å². The van der Waals surface area contributed by atoms with Crippen LogP contribution >= 0.6 is 68.8 Å². The summed E-state index contributed by atoms with van der Waals surface area (Å²) in [6, 6.07) is 1.98. The van der Waals surface area contributed by atoms with Crippen molar-refractivity contribution < 1.29 is 77.5 Å². The van der Waals surface area contributed by atoms with Crippen LogP contribution in [-0.2, 0) is 65.9 Å². The van der Waals surface area contributed by atoms with Crippen LogP contribution in [0.5, 0.6) is 0 Å². The second-order valence-electron chi connectivity index (χ2n) is 19.3. The molecule has 3 amide bonds. The molecule has 6 aromatic heterocycles. The number of carbonyl (C=O) groups is 3. The molecule has 0 radical (unpaired) electrons. The van der Waals surface area contributed by atoms with Gasteiger partial charge in [-0.1, -0.05) is 57.1 Å². The lowest BCUT2D eigenvalue weighted by Gasteiger charge is -2.35. The number of benzene rings is 3. The molecule has 0 bridgehead atoms. The first-order valence-electron chi connectivity index (χ1n) is 35.1. The summed E-state index contributed by atoms with van der Waals surface area (Å²) in [5.74, 6) is -6.06. The number of aryl methyl sites for hydroxylation is 3. The molecule has 9 atom stereocenters. The summed E-state index contributed by atoms with van der Waals surface area (Å²) in [5.41, 5.74) is 0.569. The number of amides is 3. The maximum Gasteiger partial charge on any atom is 0.280 e. The van der Waals surface area contributed by atoms with Crippen molar-refractivity contribution in [3.63, 3.8) is 0 Å². The summed E-state index contributed by atoms with van der Waals surface area (Å²) in [7, 11) is -11.1. The number of rotatable bonds is 12. The molecule has 5 unspecified atom stereocenters. The molecule has 3 aliphatic heterocycles. The van der Waals surface area contributed by atoms with Crippen molar-refractivity contribution in [2.45, 2.75) is 77.6 Å². The molecule has 36 heteroatoms. The lowest BCUT2D eigenvalue weighted by Crippen LogP contribution is -2.55. The number of likely N-dealkylation sites (N-methyl/N-ethyl adjacent to an activating group) is 3. The first kappa shape index (κ1) is 54.0. The molecule has 9 heterocycles. The average Bonchev–Trinajstić information content (AvgIpc) is 1.50. The molecule has 3 saturated heterocycles. The molecule has 6 N–H and O–H groups in total. The van der Waals surface area contributed by atoms with Gasteiger partial charge >= 0.3 is 0 Å². The number of nitrogens with one attached hydrogen (secondary N) is 6. The third-order valence-corrected chi connectivity index (χ3v) is 21.5. The molecule has 0 spiro atoms. The van der Waals surface area contributed by atoms with E-state index in [1.807, 2.05) is 0 Å². The van der Waals surface area contributed by atoms with Gasteiger partial charge in [0.2, 0.25) is 17.7 Å². The van der Waals surface area contributed by atoms with E-state index in [-0.39, 0.29) is 86.1 Å². The van der Waals surface area contributed by atoms with Gasteiger partial charge in [-0.3, -0.25) is 14.4 Å². The summed E-state index contributed by atoms with van der Waals surface area (Å²) < 4.78 is 275. The highest BCUT2D eigenvalue weighted by molar-refractivity contribution is 7.87. The summed E-state index contributed by atoms with van der Waals surface area (Å²) in [5, 5.41) is 5.86. The van der Waals surface area contributed by atoms with E-state index in [2.05, 4.69) is 45.1 Å². The van der Waals surface area contributed by atoms with Crippen LogP contribution in [0.3, 0.4) is 0 Å². The van der Waals surface area contributed by atoms with Crippen molar-refractivity contribution in [3.8, 4) is 31.7 Å². The Balaban J connectivity index is 0.000000234. The average molecular weight is 1520 g/mol. The van der Waals surface area contributed by atoms with Crippen LogP contribution in [0, 0.1) is 17.5 Å². The third-order valence-electron chi connectivity index (χ3n) is 13.0. The van der Waals surface area contributed by atoms with Gasteiger partial charge in [0.25, 0.3) is 30.6 Å². The smallest absolute Gasteiger partial charge is 0.280 e. The van der Waals surface area contributed by atoms with E-state index in [1.165, 1.54) is 55.0 Å². The molecule has 0 saturated carbocycles. The molecule has 9 aromatic rings. The van der Waals surface area contributed by atoms with Gasteiger partial charge in [-0.2, -0.15) is 52.3 Å². The Labute approximate surface area is 607 Å². The Morgan fingerprint density at radius 1 is 0.490 bits per heavy atom. The van der Waals surface area contributed by atoms with Crippen LogP contribution < -0.4 is 30.1 Å². The number of nitrogens with zero attached hydrogens (tertiary/aromatic N) is 9. The van der Waals surface area contributed by atoms with Crippen LogP contribution in [-0.4, -0.2) is 124 Å².